The Bertz CT molecular complexity index is 690. The van der Waals surface area contributed by atoms with Crippen LogP contribution in [0.2, 0.25) is 0 Å². The summed E-state index contributed by atoms with van der Waals surface area (Å²) in [6.45, 7) is 1.58. The molecule has 2 N–H and O–H groups in total. The first-order chi connectivity index (χ1) is 12.3. The fourth-order valence-electron chi connectivity index (χ4n) is 3.72. The summed E-state index contributed by atoms with van der Waals surface area (Å²) in [6, 6.07) is -2.10. The normalized spacial score (nSPS) is 29.6. The van der Waals surface area contributed by atoms with Crippen LogP contribution in [0.4, 0.5) is 4.79 Å². The van der Waals surface area contributed by atoms with E-state index in [1.54, 1.807) is 0 Å². The van der Waals surface area contributed by atoms with Gasteiger partial charge >= 0.3 is 16.4 Å². The van der Waals surface area contributed by atoms with Gasteiger partial charge in [-0.2, -0.15) is 13.5 Å². The summed E-state index contributed by atoms with van der Waals surface area (Å²) in [5.74, 6) is -0.287. The van der Waals surface area contributed by atoms with Gasteiger partial charge < -0.3 is 19.8 Å². The Balaban J connectivity index is 1.54. The third kappa shape index (κ3) is 4.16. The van der Waals surface area contributed by atoms with E-state index in [1.165, 1.54) is 12.3 Å². The van der Waals surface area contributed by atoms with Gasteiger partial charge in [-0.3, -0.25) is 9.35 Å². The standard InChI is InChI=1S/C13H20BN4O7S/c19-8-14-16-4-1-2-9(3-5-16)15-12(20)11-6-10-7-17(11)13(21)18(10)25-26(22,23)24/h8-11H,1-7H2,(H,15,20)(H,22,23,24)/t9-,10-,11-/m0/s1. The lowest BCUT2D eigenvalue weighted by atomic mass is 9.94. The van der Waals surface area contributed by atoms with Crippen LogP contribution in [0, 0.1) is 0 Å². The maximum atomic E-state index is 12.6. The van der Waals surface area contributed by atoms with Crippen molar-refractivity contribution in [3.8, 4) is 0 Å². The van der Waals surface area contributed by atoms with E-state index < -0.39 is 28.5 Å². The van der Waals surface area contributed by atoms with Crippen LogP contribution < -0.4 is 5.32 Å². The van der Waals surface area contributed by atoms with Crippen molar-refractivity contribution in [1.82, 2.24) is 20.1 Å². The van der Waals surface area contributed by atoms with Gasteiger partial charge in [0.25, 0.3) is 7.41 Å². The zero-order valence-electron chi connectivity index (χ0n) is 14.0. The molecule has 3 amide bonds. The van der Waals surface area contributed by atoms with Crippen molar-refractivity contribution in [2.24, 2.45) is 0 Å². The van der Waals surface area contributed by atoms with E-state index in [2.05, 4.69) is 9.60 Å². The highest BCUT2D eigenvalue weighted by Crippen LogP contribution is 2.32. The van der Waals surface area contributed by atoms with Gasteiger partial charge in [-0.25, -0.2) is 4.79 Å². The van der Waals surface area contributed by atoms with E-state index in [0.29, 0.717) is 18.0 Å². The number of carbonyl (C=O) groups is 3. The van der Waals surface area contributed by atoms with Crippen LogP contribution in [0.15, 0.2) is 0 Å². The predicted molar refractivity (Wildman–Crippen MR) is 88.6 cm³/mol. The van der Waals surface area contributed by atoms with Crippen molar-refractivity contribution < 1.29 is 31.6 Å². The minimum absolute atomic E-state index is 0.0480. The van der Waals surface area contributed by atoms with Crippen molar-refractivity contribution in [2.45, 2.75) is 43.8 Å². The molecule has 0 aromatic rings. The number of nitrogens with one attached hydrogen (secondary N) is 1. The molecule has 3 saturated heterocycles. The first kappa shape index (κ1) is 19.1. The number of hydroxylamine groups is 2. The molecule has 3 aliphatic rings. The Hall–Kier alpha value is -1.70. The van der Waals surface area contributed by atoms with Gasteiger partial charge in [0.1, 0.15) is 6.04 Å². The molecule has 143 valence electrons. The molecule has 0 aromatic carbocycles. The summed E-state index contributed by atoms with van der Waals surface area (Å²) in [5.41, 5.74) is 0. The largest absolute Gasteiger partial charge is 0.418 e. The maximum absolute atomic E-state index is 12.6. The topological polar surface area (TPSA) is 137 Å². The molecule has 26 heavy (non-hydrogen) atoms. The van der Waals surface area contributed by atoms with E-state index in [4.69, 9.17) is 4.55 Å². The highest BCUT2D eigenvalue weighted by Gasteiger charge is 2.53. The van der Waals surface area contributed by atoms with Crippen LogP contribution in [0.1, 0.15) is 25.7 Å². The maximum Gasteiger partial charge on any atom is 0.418 e. The monoisotopic (exact) mass is 387 g/mol. The highest BCUT2D eigenvalue weighted by atomic mass is 32.3. The van der Waals surface area contributed by atoms with Crippen molar-refractivity contribution in [3.05, 3.63) is 0 Å². The van der Waals surface area contributed by atoms with Crippen LogP contribution >= 0.6 is 0 Å². The minimum Gasteiger partial charge on any atom is -0.352 e. The van der Waals surface area contributed by atoms with Crippen LogP contribution in [-0.4, -0.2) is 91.0 Å². The molecule has 11 nitrogen and oxygen atoms in total. The fourth-order valence-corrected chi connectivity index (χ4v) is 4.10. The first-order valence-corrected chi connectivity index (χ1v) is 9.75. The number of rotatable bonds is 6. The lowest BCUT2D eigenvalue weighted by molar-refractivity contribution is -0.127. The van der Waals surface area contributed by atoms with E-state index >= 15 is 0 Å². The van der Waals surface area contributed by atoms with E-state index in [9.17, 15) is 22.8 Å². The Morgan fingerprint density at radius 3 is 2.77 bits per heavy atom. The molecule has 3 heterocycles. The molecule has 0 aromatic heterocycles. The number of amides is 3. The quantitative estimate of drug-likeness (QED) is 0.315. The van der Waals surface area contributed by atoms with Crippen LogP contribution in [0.25, 0.3) is 0 Å². The summed E-state index contributed by atoms with van der Waals surface area (Å²) in [6.07, 6.45) is 3.27. The van der Waals surface area contributed by atoms with Gasteiger partial charge in [0.15, 0.2) is 0 Å². The average molecular weight is 387 g/mol. The van der Waals surface area contributed by atoms with Gasteiger partial charge in [-0.15, -0.1) is 4.28 Å². The highest BCUT2D eigenvalue weighted by molar-refractivity contribution is 7.80. The number of fused-ring (bicyclic) bond motifs is 2. The third-order valence-electron chi connectivity index (χ3n) is 4.90. The second-order valence-electron chi connectivity index (χ2n) is 6.63. The Kier molecular flexibility index (Phi) is 5.51. The second-order valence-corrected chi connectivity index (χ2v) is 7.63. The molecule has 3 rings (SSSR count). The molecule has 3 aliphatic heterocycles. The summed E-state index contributed by atoms with van der Waals surface area (Å²) >= 11 is 0. The zero-order chi connectivity index (χ0) is 18.9. The van der Waals surface area contributed by atoms with Crippen LogP contribution in [-0.2, 0) is 24.3 Å². The van der Waals surface area contributed by atoms with Gasteiger partial charge in [-0.05, 0) is 32.4 Å². The van der Waals surface area contributed by atoms with E-state index in [1.807, 2.05) is 4.81 Å². The van der Waals surface area contributed by atoms with Gasteiger partial charge in [0.2, 0.25) is 5.91 Å². The van der Waals surface area contributed by atoms with Crippen LogP contribution in [0.5, 0.6) is 0 Å². The molecule has 3 fully saturated rings. The molecule has 1 radical (unpaired) electrons. The molecule has 2 bridgehead atoms. The Labute approximate surface area is 151 Å². The number of carbonyl (C=O) groups excluding carboxylic acids is 3. The number of hydrogen-bond acceptors (Lipinski definition) is 7. The second kappa shape index (κ2) is 7.51. The summed E-state index contributed by atoms with van der Waals surface area (Å²) < 4.78 is 34.6. The number of nitrogens with zero attached hydrogens (tertiary/aromatic N) is 3. The Morgan fingerprint density at radius 2 is 2.12 bits per heavy atom. The lowest BCUT2D eigenvalue weighted by Gasteiger charge is -2.30. The van der Waals surface area contributed by atoms with Gasteiger partial charge in [-0.1, -0.05) is 0 Å². The summed E-state index contributed by atoms with van der Waals surface area (Å²) in [7, 11) is -3.30. The van der Waals surface area contributed by atoms with Gasteiger partial charge in [0, 0.05) is 19.0 Å². The summed E-state index contributed by atoms with van der Waals surface area (Å²) in [4.78, 5) is 38.4. The van der Waals surface area contributed by atoms with E-state index in [-0.39, 0.29) is 24.9 Å². The molecule has 13 heteroatoms. The molecular formula is C13H20BN4O7S. The van der Waals surface area contributed by atoms with Gasteiger partial charge in [0.05, 0.1) is 12.2 Å². The minimum atomic E-state index is -4.79. The van der Waals surface area contributed by atoms with Crippen molar-refractivity contribution in [2.75, 3.05) is 19.6 Å². The Morgan fingerprint density at radius 1 is 1.35 bits per heavy atom. The zero-order valence-corrected chi connectivity index (χ0v) is 14.8. The molecular weight excluding hydrogens is 367 g/mol. The molecule has 0 spiro atoms. The van der Waals surface area contributed by atoms with Crippen molar-refractivity contribution in [3.63, 3.8) is 0 Å². The molecule has 0 saturated carbocycles. The molecule has 0 unspecified atom stereocenters. The lowest BCUT2D eigenvalue weighted by Crippen LogP contribution is -2.53. The fraction of sp³-hybridized carbons (Fsp3) is 0.769. The summed E-state index contributed by atoms with van der Waals surface area (Å²) in [5, 5.41) is 3.54. The molecule has 0 aliphatic carbocycles. The SMILES string of the molecule is O=C[B]N1CCC[C@H](NC(=O)[C@@H]2C[C@H]3CN2C(=O)N3OS(=O)(=O)O)CC1. The predicted octanol–water partition coefficient (Wildman–Crippen LogP) is -1.62. The smallest absolute Gasteiger partial charge is 0.352 e. The van der Waals surface area contributed by atoms with Crippen molar-refractivity contribution in [1.29, 1.82) is 0 Å². The van der Waals surface area contributed by atoms with E-state index in [0.717, 1.165) is 25.6 Å². The van der Waals surface area contributed by atoms with Crippen molar-refractivity contribution >= 4 is 35.9 Å². The average Bonchev–Trinajstić information content (AvgIpc) is 3.02. The van der Waals surface area contributed by atoms with Crippen LogP contribution in [0.3, 0.4) is 0 Å². The third-order valence-corrected chi connectivity index (χ3v) is 5.25. The number of hydrogen-bond donors (Lipinski definition) is 2. The first-order valence-electron chi connectivity index (χ1n) is 8.38. The number of urea groups is 1. The molecule has 3 atom stereocenters.